The van der Waals surface area contributed by atoms with Crippen LogP contribution < -0.4 is 5.32 Å². The summed E-state index contributed by atoms with van der Waals surface area (Å²) in [6.07, 6.45) is 0. The summed E-state index contributed by atoms with van der Waals surface area (Å²) >= 11 is 13.9. The zero-order valence-electron chi connectivity index (χ0n) is 15.5. The van der Waals surface area contributed by atoms with Gasteiger partial charge in [0.05, 0.1) is 10.5 Å². The number of benzene rings is 3. The number of nitrogens with one attached hydrogen (secondary N) is 1. The topological polar surface area (TPSA) is 34.0 Å². The van der Waals surface area contributed by atoms with Crippen molar-refractivity contribution in [2.24, 2.45) is 0 Å². The molecule has 3 aromatic carbocycles. The molecule has 1 amide bonds. The van der Waals surface area contributed by atoms with E-state index in [0.29, 0.717) is 14.9 Å². The highest BCUT2D eigenvalue weighted by atomic mass is 35.5. The van der Waals surface area contributed by atoms with Crippen LogP contribution in [0.2, 0.25) is 10.0 Å². The normalized spacial score (nSPS) is 11.6. The second-order valence-electron chi connectivity index (χ2n) is 6.83. The lowest BCUT2D eigenvalue weighted by Gasteiger charge is -2.07. The van der Waals surface area contributed by atoms with Gasteiger partial charge in [0.1, 0.15) is 4.88 Å². The smallest absolute Gasteiger partial charge is 0.267 e. The van der Waals surface area contributed by atoms with Crippen LogP contribution >= 0.6 is 34.5 Å². The van der Waals surface area contributed by atoms with E-state index in [0.717, 1.165) is 27.8 Å². The summed E-state index contributed by atoms with van der Waals surface area (Å²) in [6.45, 7) is 2.98. The Kier molecular flexibility index (Phi) is 4.50. The molecule has 0 aliphatic heterocycles. The number of halogens is 2. The van der Waals surface area contributed by atoms with Crippen molar-refractivity contribution in [3.63, 3.8) is 0 Å². The van der Waals surface area contributed by atoms with Gasteiger partial charge in [0.2, 0.25) is 0 Å². The molecule has 3 nitrogen and oxygen atoms in total. The van der Waals surface area contributed by atoms with E-state index in [1.54, 1.807) is 6.07 Å². The average Bonchev–Trinajstić information content (AvgIpc) is 3.22. The lowest BCUT2D eigenvalue weighted by atomic mass is 10.1. The number of thiophene rings is 1. The van der Waals surface area contributed by atoms with Crippen LogP contribution in [0.5, 0.6) is 0 Å². The molecule has 0 bridgehead atoms. The van der Waals surface area contributed by atoms with Crippen LogP contribution in [-0.4, -0.2) is 10.5 Å². The standard InChI is InChI=1S/C23H16Cl2N2OS/c1-2-27-18-6-4-3-5-15(18)16-10-8-14(12-19(16)27)26-23(28)22-21(25)17-9-7-13(24)11-20(17)29-22/h3-12H,2H2,1H3,(H,26,28). The molecule has 1 N–H and O–H groups in total. The number of hydrogen-bond donors (Lipinski definition) is 1. The molecule has 29 heavy (non-hydrogen) atoms. The lowest BCUT2D eigenvalue weighted by molar-refractivity contribution is 0.103. The SMILES string of the molecule is CCn1c2ccccc2c2ccc(NC(=O)c3sc4cc(Cl)ccc4c3Cl)cc21. The van der Waals surface area contributed by atoms with Gasteiger partial charge in [0, 0.05) is 43.6 Å². The average molecular weight is 439 g/mol. The number of carbonyl (C=O) groups is 1. The van der Waals surface area contributed by atoms with Crippen LogP contribution in [0.3, 0.4) is 0 Å². The van der Waals surface area contributed by atoms with Crippen LogP contribution in [0.1, 0.15) is 16.6 Å². The maximum absolute atomic E-state index is 12.9. The van der Waals surface area contributed by atoms with Crippen molar-refractivity contribution in [2.45, 2.75) is 13.5 Å². The fourth-order valence-corrected chi connectivity index (χ4v) is 5.53. The highest BCUT2D eigenvalue weighted by Crippen LogP contribution is 2.37. The second-order valence-corrected chi connectivity index (χ2v) is 8.70. The van der Waals surface area contributed by atoms with Crippen LogP contribution in [0, 0.1) is 0 Å². The van der Waals surface area contributed by atoms with Crippen molar-refractivity contribution in [1.82, 2.24) is 4.57 Å². The van der Waals surface area contributed by atoms with Crippen molar-refractivity contribution >= 4 is 78.0 Å². The number of hydrogen-bond acceptors (Lipinski definition) is 2. The molecule has 0 spiro atoms. The number of anilines is 1. The predicted molar refractivity (Wildman–Crippen MR) is 125 cm³/mol. The summed E-state index contributed by atoms with van der Waals surface area (Å²) in [5.74, 6) is -0.217. The molecule has 6 heteroatoms. The fraction of sp³-hybridized carbons (Fsp3) is 0.0870. The minimum Gasteiger partial charge on any atom is -0.341 e. The van der Waals surface area contributed by atoms with Crippen LogP contribution in [0.4, 0.5) is 5.69 Å². The Hall–Kier alpha value is -2.53. The summed E-state index contributed by atoms with van der Waals surface area (Å²) in [5.41, 5.74) is 3.03. The number of aromatic nitrogens is 1. The molecule has 5 aromatic rings. The first-order chi connectivity index (χ1) is 14.1. The highest BCUT2D eigenvalue weighted by Gasteiger charge is 2.18. The van der Waals surface area contributed by atoms with Gasteiger partial charge in [-0.15, -0.1) is 11.3 Å². The fourth-order valence-electron chi connectivity index (χ4n) is 3.84. The summed E-state index contributed by atoms with van der Waals surface area (Å²) in [7, 11) is 0. The van der Waals surface area contributed by atoms with Crippen molar-refractivity contribution in [2.75, 3.05) is 5.32 Å². The van der Waals surface area contributed by atoms with E-state index in [1.807, 2.05) is 36.4 Å². The number of rotatable bonds is 3. The maximum atomic E-state index is 12.9. The summed E-state index contributed by atoms with van der Waals surface area (Å²) in [4.78, 5) is 13.4. The molecule has 5 rings (SSSR count). The number of nitrogens with zero attached hydrogens (tertiary/aromatic N) is 1. The molecule has 0 unspecified atom stereocenters. The molecule has 0 fully saturated rings. The van der Waals surface area contributed by atoms with Gasteiger partial charge in [-0.3, -0.25) is 4.79 Å². The summed E-state index contributed by atoms with van der Waals surface area (Å²) in [6, 6.07) is 19.8. The van der Waals surface area contributed by atoms with E-state index in [9.17, 15) is 4.79 Å². The summed E-state index contributed by atoms with van der Waals surface area (Å²) in [5, 5.41) is 7.32. The van der Waals surface area contributed by atoms with E-state index in [1.165, 1.54) is 27.6 Å². The first kappa shape index (κ1) is 18.5. The Morgan fingerprint density at radius 3 is 2.55 bits per heavy atom. The van der Waals surface area contributed by atoms with Gasteiger partial charge in [-0.05, 0) is 37.3 Å². The van der Waals surface area contributed by atoms with Gasteiger partial charge < -0.3 is 9.88 Å². The van der Waals surface area contributed by atoms with Crippen LogP contribution in [0.15, 0.2) is 60.7 Å². The number of carbonyl (C=O) groups excluding carboxylic acids is 1. The first-order valence-electron chi connectivity index (χ1n) is 9.26. The minimum atomic E-state index is -0.217. The third kappa shape index (κ3) is 2.99. The zero-order valence-corrected chi connectivity index (χ0v) is 17.8. The van der Waals surface area contributed by atoms with Crippen molar-refractivity contribution in [1.29, 1.82) is 0 Å². The number of para-hydroxylation sites is 1. The zero-order chi connectivity index (χ0) is 20.1. The number of amides is 1. The van der Waals surface area contributed by atoms with Gasteiger partial charge in [-0.25, -0.2) is 0 Å². The molecule has 0 aliphatic carbocycles. The third-order valence-corrected chi connectivity index (χ3v) is 7.04. The predicted octanol–water partition coefficient (Wildman–Crippen LogP) is 7.59. The van der Waals surface area contributed by atoms with E-state index >= 15 is 0 Å². The van der Waals surface area contributed by atoms with Crippen molar-refractivity contribution in [3.05, 3.63) is 75.6 Å². The van der Waals surface area contributed by atoms with Crippen molar-refractivity contribution in [3.8, 4) is 0 Å². The van der Waals surface area contributed by atoms with E-state index in [2.05, 4.69) is 35.0 Å². The van der Waals surface area contributed by atoms with E-state index in [-0.39, 0.29) is 5.91 Å². The lowest BCUT2D eigenvalue weighted by Crippen LogP contribution is -2.10. The Morgan fingerprint density at radius 1 is 0.966 bits per heavy atom. The number of aryl methyl sites for hydroxylation is 1. The molecule has 0 aliphatic rings. The molecule has 0 atom stereocenters. The van der Waals surface area contributed by atoms with Gasteiger partial charge in [-0.1, -0.05) is 53.5 Å². The summed E-state index contributed by atoms with van der Waals surface area (Å²) < 4.78 is 3.16. The second kappa shape index (κ2) is 7.06. The highest BCUT2D eigenvalue weighted by molar-refractivity contribution is 7.21. The van der Waals surface area contributed by atoms with Gasteiger partial charge >= 0.3 is 0 Å². The Labute approximate surface area is 181 Å². The Morgan fingerprint density at radius 2 is 1.72 bits per heavy atom. The first-order valence-corrected chi connectivity index (χ1v) is 10.8. The Balaban J connectivity index is 1.56. The molecular weight excluding hydrogens is 423 g/mol. The van der Waals surface area contributed by atoms with Crippen LogP contribution in [-0.2, 0) is 6.54 Å². The van der Waals surface area contributed by atoms with E-state index in [4.69, 9.17) is 23.2 Å². The monoisotopic (exact) mass is 438 g/mol. The molecule has 2 heterocycles. The quantitative estimate of drug-likeness (QED) is 0.309. The third-order valence-electron chi connectivity index (χ3n) is 5.15. The molecule has 0 saturated heterocycles. The molecular formula is C23H16Cl2N2OS. The van der Waals surface area contributed by atoms with Gasteiger partial charge in [0.25, 0.3) is 5.91 Å². The molecule has 0 saturated carbocycles. The number of fused-ring (bicyclic) bond motifs is 4. The van der Waals surface area contributed by atoms with Gasteiger partial charge in [-0.2, -0.15) is 0 Å². The Bertz CT molecular complexity index is 1420. The molecule has 0 radical (unpaired) electrons. The minimum absolute atomic E-state index is 0.217. The van der Waals surface area contributed by atoms with E-state index < -0.39 is 0 Å². The molecule has 2 aromatic heterocycles. The van der Waals surface area contributed by atoms with Gasteiger partial charge in [0.15, 0.2) is 0 Å². The molecule has 144 valence electrons. The maximum Gasteiger partial charge on any atom is 0.267 e. The van der Waals surface area contributed by atoms with Crippen molar-refractivity contribution < 1.29 is 4.79 Å². The largest absolute Gasteiger partial charge is 0.341 e. The van der Waals surface area contributed by atoms with Crippen LogP contribution in [0.25, 0.3) is 31.9 Å².